The molecule has 0 saturated heterocycles. The molecule has 3 aromatic rings. The number of hydrogen-bond acceptors (Lipinski definition) is 2. The summed E-state index contributed by atoms with van der Waals surface area (Å²) in [6.45, 7) is 0. The number of halogens is 1. The van der Waals surface area contributed by atoms with Crippen molar-refractivity contribution in [1.82, 2.24) is 0 Å². The van der Waals surface area contributed by atoms with E-state index in [0.717, 1.165) is 22.6 Å². The second-order valence-electron chi connectivity index (χ2n) is 5.49. The van der Waals surface area contributed by atoms with Crippen LogP contribution in [0.1, 0.15) is 17.2 Å². The van der Waals surface area contributed by atoms with Crippen molar-refractivity contribution in [3.05, 3.63) is 95.0 Å². The quantitative estimate of drug-likeness (QED) is 0.624. The van der Waals surface area contributed by atoms with Gasteiger partial charge in [-0.2, -0.15) is 0 Å². The third kappa shape index (κ3) is 4.79. The van der Waals surface area contributed by atoms with Gasteiger partial charge in [0.15, 0.2) is 0 Å². The van der Waals surface area contributed by atoms with E-state index in [1.807, 2.05) is 78.9 Å². The Morgan fingerprint density at radius 2 is 1.56 bits per heavy atom. The van der Waals surface area contributed by atoms with Gasteiger partial charge in [-0.1, -0.05) is 53.8 Å². The van der Waals surface area contributed by atoms with Crippen LogP contribution in [0.3, 0.4) is 0 Å². The Labute approximate surface area is 153 Å². The van der Waals surface area contributed by atoms with E-state index in [0.29, 0.717) is 5.02 Å². The van der Waals surface area contributed by atoms with Gasteiger partial charge in [-0.3, -0.25) is 0 Å². The van der Waals surface area contributed by atoms with E-state index in [1.165, 1.54) is 0 Å². The van der Waals surface area contributed by atoms with Crippen LogP contribution in [0.5, 0.6) is 5.75 Å². The van der Waals surface area contributed by atoms with E-state index >= 15 is 0 Å². The minimum Gasteiger partial charge on any atom is -0.497 e. The van der Waals surface area contributed by atoms with Crippen LogP contribution in [0.2, 0.25) is 5.02 Å². The summed E-state index contributed by atoms with van der Waals surface area (Å²) in [6, 6.07) is 25.3. The van der Waals surface area contributed by atoms with Gasteiger partial charge in [-0.05, 0) is 54.1 Å². The fourth-order valence-electron chi connectivity index (χ4n) is 2.39. The van der Waals surface area contributed by atoms with Crippen LogP contribution in [-0.4, -0.2) is 7.11 Å². The van der Waals surface area contributed by atoms with Crippen molar-refractivity contribution in [1.29, 1.82) is 0 Å². The van der Waals surface area contributed by atoms with Crippen LogP contribution < -0.4 is 10.1 Å². The molecular formula is C22H18ClNO. The number of rotatable bonds is 4. The standard InChI is InChI=1S/C22H18ClNO/c1-25-21-14-12-20(13-15-21)24-22(18-8-10-19(23)11-9-18)16-7-17-5-3-2-4-6-17/h2-6,8-15,22,24H,1H3. The average molecular weight is 348 g/mol. The Bertz CT molecular complexity index is 862. The van der Waals surface area contributed by atoms with Gasteiger partial charge in [0.2, 0.25) is 0 Å². The zero-order chi connectivity index (χ0) is 17.5. The molecule has 3 heteroatoms. The molecule has 0 aromatic heterocycles. The second kappa shape index (κ2) is 8.28. The SMILES string of the molecule is COc1ccc(NC(C#Cc2ccccc2)c2ccc(Cl)cc2)cc1. The number of anilines is 1. The van der Waals surface area contributed by atoms with E-state index in [2.05, 4.69) is 17.2 Å². The predicted octanol–water partition coefficient (Wildman–Crippen LogP) is 5.55. The lowest BCUT2D eigenvalue weighted by atomic mass is 10.1. The van der Waals surface area contributed by atoms with Crippen molar-refractivity contribution in [3.8, 4) is 17.6 Å². The van der Waals surface area contributed by atoms with Crippen molar-refractivity contribution in [2.45, 2.75) is 6.04 Å². The molecule has 0 heterocycles. The zero-order valence-corrected chi connectivity index (χ0v) is 14.6. The lowest BCUT2D eigenvalue weighted by Gasteiger charge is -2.15. The first kappa shape index (κ1) is 17.0. The smallest absolute Gasteiger partial charge is 0.119 e. The molecule has 124 valence electrons. The highest BCUT2D eigenvalue weighted by Crippen LogP contribution is 2.23. The minimum absolute atomic E-state index is 0.147. The van der Waals surface area contributed by atoms with E-state index < -0.39 is 0 Å². The molecular weight excluding hydrogens is 330 g/mol. The van der Waals surface area contributed by atoms with Gasteiger partial charge in [0, 0.05) is 16.3 Å². The van der Waals surface area contributed by atoms with Gasteiger partial charge in [0.1, 0.15) is 11.8 Å². The van der Waals surface area contributed by atoms with E-state index in [4.69, 9.17) is 16.3 Å². The summed E-state index contributed by atoms with van der Waals surface area (Å²) in [5, 5.41) is 4.18. The summed E-state index contributed by atoms with van der Waals surface area (Å²) in [5.74, 6) is 7.37. The van der Waals surface area contributed by atoms with Crippen LogP contribution in [0, 0.1) is 11.8 Å². The Morgan fingerprint density at radius 3 is 2.20 bits per heavy atom. The summed E-state index contributed by atoms with van der Waals surface area (Å²) in [5.41, 5.74) is 3.02. The van der Waals surface area contributed by atoms with Crippen molar-refractivity contribution < 1.29 is 4.74 Å². The molecule has 0 aliphatic carbocycles. The highest BCUT2D eigenvalue weighted by atomic mass is 35.5. The van der Waals surface area contributed by atoms with Crippen LogP contribution in [-0.2, 0) is 0 Å². The molecule has 2 nitrogen and oxygen atoms in total. The Hall–Kier alpha value is -2.89. The van der Waals surface area contributed by atoms with E-state index in [9.17, 15) is 0 Å². The molecule has 25 heavy (non-hydrogen) atoms. The summed E-state index contributed by atoms with van der Waals surface area (Å²) < 4.78 is 5.21. The molecule has 0 aliphatic rings. The molecule has 3 aromatic carbocycles. The molecule has 0 bridgehead atoms. The third-order valence-corrected chi connectivity index (χ3v) is 3.99. The minimum atomic E-state index is -0.147. The predicted molar refractivity (Wildman–Crippen MR) is 104 cm³/mol. The highest BCUT2D eigenvalue weighted by Gasteiger charge is 2.08. The topological polar surface area (TPSA) is 21.3 Å². The molecule has 0 amide bonds. The number of hydrogen-bond donors (Lipinski definition) is 1. The lowest BCUT2D eigenvalue weighted by molar-refractivity contribution is 0.415. The molecule has 0 saturated carbocycles. The average Bonchev–Trinajstić information content (AvgIpc) is 2.67. The molecule has 0 aliphatic heterocycles. The zero-order valence-electron chi connectivity index (χ0n) is 13.9. The van der Waals surface area contributed by atoms with Gasteiger partial charge in [-0.15, -0.1) is 0 Å². The van der Waals surface area contributed by atoms with Crippen molar-refractivity contribution in [3.63, 3.8) is 0 Å². The molecule has 1 N–H and O–H groups in total. The van der Waals surface area contributed by atoms with Gasteiger partial charge >= 0.3 is 0 Å². The number of nitrogens with one attached hydrogen (secondary N) is 1. The largest absolute Gasteiger partial charge is 0.497 e. The van der Waals surface area contributed by atoms with Crippen molar-refractivity contribution >= 4 is 17.3 Å². The van der Waals surface area contributed by atoms with Crippen LogP contribution in [0.15, 0.2) is 78.9 Å². The maximum absolute atomic E-state index is 6.01. The summed E-state index contributed by atoms with van der Waals surface area (Å²) >= 11 is 6.01. The molecule has 1 atom stereocenters. The Kier molecular flexibility index (Phi) is 5.61. The fourth-order valence-corrected chi connectivity index (χ4v) is 2.51. The molecule has 0 spiro atoms. The maximum Gasteiger partial charge on any atom is 0.119 e. The first-order valence-electron chi connectivity index (χ1n) is 7.97. The van der Waals surface area contributed by atoms with Crippen LogP contribution >= 0.6 is 11.6 Å². The molecule has 3 rings (SSSR count). The Balaban J connectivity index is 1.88. The van der Waals surface area contributed by atoms with Crippen molar-refractivity contribution in [2.75, 3.05) is 12.4 Å². The number of benzene rings is 3. The molecule has 0 fully saturated rings. The molecule has 1 unspecified atom stereocenters. The Morgan fingerprint density at radius 1 is 0.880 bits per heavy atom. The molecule has 0 radical (unpaired) electrons. The third-order valence-electron chi connectivity index (χ3n) is 3.74. The van der Waals surface area contributed by atoms with Crippen LogP contribution in [0.4, 0.5) is 5.69 Å². The second-order valence-corrected chi connectivity index (χ2v) is 5.93. The normalized spacial score (nSPS) is 11.1. The van der Waals surface area contributed by atoms with Gasteiger partial charge < -0.3 is 10.1 Å². The van der Waals surface area contributed by atoms with Crippen molar-refractivity contribution in [2.24, 2.45) is 0 Å². The van der Waals surface area contributed by atoms with E-state index in [-0.39, 0.29) is 6.04 Å². The first-order valence-corrected chi connectivity index (χ1v) is 8.35. The fraction of sp³-hybridized carbons (Fsp3) is 0.0909. The van der Waals surface area contributed by atoms with E-state index in [1.54, 1.807) is 7.11 Å². The number of ether oxygens (including phenoxy) is 1. The van der Waals surface area contributed by atoms with Gasteiger partial charge in [0.05, 0.1) is 7.11 Å². The van der Waals surface area contributed by atoms with Gasteiger partial charge in [-0.25, -0.2) is 0 Å². The first-order chi connectivity index (χ1) is 12.2. The lowest BCUT2D eigenvalue weighted by Crippen LogP contribution is -2.08. The monoisotopic (exact) mass is 347 g/mol. The van der Waals surface area contributed by atoms with Gasteiger partial charge in [0.25, 0.3) is 0 Å². The van der Waals surface area contributed by atoms with Crippen LogP contribution in [0.25, 0.3) is 0 Å². The summed E-state index contributed by atoms with van der Waals surface area (Å²) in [6.07, 6.45) is 0. The summed E-state index contributed by atoms with van der Waals surface area (Å²) in [7, 11) is 1.66. The highest BCUT2D eigenvalue weighted by molar-refractivity contribution is 6.30. The summed E-state index contributed by atoms with van der Waals surface area (Å²) in [4.78, 5) is 0. The maximum atomic E-state index is 6.01. The number of methoxy groups -OCH3 is 1.